The van der Waals surface area contributed by atoms with E-state index in [0.717, 1.165) is 0 Å². The summed E-state index contributed by atoms with van der Waals surface area (Å²) in [5.74, 6) is -0.958. The highest BCUT2D eigenvalue weighted by atomic mass is 32.3. The van der Waals surface area contributed by atoms with Gasteiger partial charge in [0.25, 0.3) is 0 Å². The molecule has 0 bridgehead atoms. The zero-order chi connectivity index (χ0) is 14.0. The Morgan fingerprint density at radius 2 is 2.11 bits per heavy atom. The van der Waals surface area contributed by atoms with Gasteiger partial charge in [-0.2, -0.15) is 0 Å². The van der Waals surface area contributed by atoms with Crippen molar-refractivity contribution in [2.75, 3.05) is 6.54 Å². The lowest BCUT2D eigenvalue weighted by Crippen LogP contribution is -2.43. The van der Waals surface area contributed by atoms with Crippen molar-refractivity contribution < 1.29 is 19.4 Å². The van der Waals surface area contributed by atoms with E-state index in [-0.39, 0.29) is 0 Å². The van der Waals surface area contributed by atoms with E-state index in [1.54, 1.807) is 33.1 Å². The predicted molar refractivity (Wildman–Crippen MR) is 71.2 cm³/mol. The lowest BCUT2D eigenvalue weighted by Gasteiger charge is -2.38. The van der Waals surface area contributed by atoms with Crippen LogP contribution in [0.15, 0.2) is 11.5 Å². The maximum absolute atomic E-state index is 11.8. The quantitative estimate of drug-likeness (QED) is 0.730. The summed E-state index contributed by atoms with van der Waals surface area (Å²) in [6.45, 7) is 7.38. The van der Waals surface area contributed by atoms with E-state index < -0.39 is 33.3 Å². The Labute approximate surface area is 108 Å². The number of amides is 1. The summed E-state index contributed by atoms with van der Waals surface area (Å²) in [4.78, 5) is 22.9. The van der Waals surface area contributed by atoms with Gasteiger partial charge in [0, 0.05) is 6.54 Å². The van der Waals surface area contributed by atoms with E-state index in [4.69, 9.17) is 9.84 Å². The minimum atomic E-state index is -2.07. The summed E-state index contributed by atoms with van der Waals surface area (Å²) in [6, 6.07) is 0. The highest BCUT2D eigenvalue weighted by Gasteiger charge is 2.37. The number of ether oxygens (including phenoxy) is 1. The van der Waals surface area contributed by atoms with Crippen LogP contribution in [-0.2, 0) is 9.53 Å². The number of hydrogen-bond donors (Lipinski definition) is 3. The van der Waals surface area contributed by atoms with E-state index in [0.29, 0.717) is 6.54 Å². The van der Waals surface area contributed by atoms with Crippen LogP contribution in [0.25, 0.3) is 0 Å². The van der Waals surface area contributed by atoms with Gasteiger partial charge in [0.2, 0.25) is 0 Å². The Kier molecular flexibility index (Phi) is 4.28. The number of nitrogens with one attached hydrogen (secondary N) is 2. The molecule has 0 radical (unpaired) electrons. The number of aliphatic carboxylic acids is 1. The van der Waals surface area contributed by atoms with Crippen molar-refractivity contribution in [3.05, 3.63) is 11.5 Å². The third-order valence-corrected chi connectivity index (χ3v) is 5.39. The number of carbonyl (C=O) groups excluding carboxylic acids is 1. The summed E-state index contributed by atoms with van der Waals surface area (Å²) in [5.41, 5.74) is -0.612. The van der Waals surface area contributed by atoms with Crippen molar-refractivity contribution in [1.82, 2.24) is 9.44 Å². The summed E-state index contributed by atoms with van der Waals surface area (Å²) in [5, 5.41) is 10.1. The van der Waals surface area contributed by atoms with Crippen LogP contribution in [-0.4, -0.2) is 34.6 Å². The fraction of sp³-hybridized carbons (Fsp3) is 0.636. The summed E-state index contributed by atoms with van der Waals surface area (Å²) in [7, 11) is -2.07. The molecule has 3 N–H and O–H groups in total. The first-order chi connectivity index (χ1) is 8.16. The second-order valence-corrected chi connectivity index (χ2v) is 7.91. The zero-order valence-corrected chi connectivity index (χ0v) is 11.8. The fourth-order valence-electron chi connectivity index (χ4n) is 1.43. The molecule has 1 aliphatic heterocycles. The molecule has 0 aliphatic carbocycles. The monoisotopic (exact) mass is 276 g/mol. The maximum Gasteiger partial charge on any atom is 0.417 e. The lowest BCUT2D eigenvalue weighted by molar-refractivity contribution is -0.136. The van der Waals surface area contributed by atoms with Crippen molar-refractivity contribution in [3.8, 4) is 0 Å². The Morgan fingerprint density at radius 3 is 2.50 bits per heavy atom. The summed E-state index contributed by atoms with van der Waals surface area (Å²) in [6.07, 6.45) is 1.20. The van der Waals surface area contributed by atoms with E-state index in [1.807, 2.05) is 6.08 Å². The van der Waals surface area contributed by atoms with Crippen molar-refractivity contribution in [3.63, 3.8) is 0 Å². The van der Waals surface area contributed by atoms with Crippen LogP contribution in [0, 0.1) is 0 Å². The van der Waals surface area contributed by atoms with Crippen LogP contribution >= 0.6 is 10.4 Å². The molecule has 1 amide bonds. The second kappa shape index (κ2) is 5.19. The highest BCUT2D eigenvalue weighted by molar-refractivity contribution is 8.34. The Morgan fingerprint density at radius 1 is 1.50 bits per heavy atom. The average Bonchev–Trinajstić information content (AvgIpc) is 2.62. The summed E-state index contributed by atoms with van der Waals surface area (Å²) >= 11 is 0. The third kappa shape index (κ3) is 3.64. The number of rotatable bonds is 3. The van der Waals surface area contributed by atoms with Gasteiger partial charge in [-0.3, -0.25) is 14.2 Å². The van der Waals surface area contributed by atoms with Gasteiger partial charge in [-0.15, -0.1) is 0 Å². The molecule has 0 saturated carbocycles. The zero-order valence-electron chi connectivity index (χ0n) is 11.0. The lowest BCUT2D eigenvalue weighted by atomic mass is 10.2. The molecule has 0 aromatic rings. The van der Waals surface area contributed by atoms with Gasteiger partial charge < -0.3 is 9.84 Å². The van der Waals surface area contributed by atoms with Gasteiger partial charge in [0.15, 0.2) is 0 Å². The highest BCUT2D eigenvalue weighted by Crippen LogP contribution is 2.48. The minimum Gasteiger partial charge on any atom is -0.480 e. The fourth-order valence-corrected chi connectivity index (χ4v) is 3.74. The van der Waals surface area contributed by atoms with Gasteiger partial charge in [-0.25, -0.2) is 4.79 Å². The van der Waals surface area contributed by atoms with E-state index in [1.165, 1.54) is 0 Å². The molecule has 0 fully saturated rings. The molecule has 6 nitrogen and oxygen atoms in total. The van der Waals surface area contributed by atoms with Gasteiger partial charge in [-0.05, 0) is 33.1 Å². The van der Waals surface area contributed by atoms with Crippen LogP contribution in [0.3, 0.4) is 0 Å². The predicted octanol–water partition coefficient (Wildman–Crippen LogP) is 1.74. The van der Waals surface area contributed by atoms with Gasteiger partial charge >= 0.3 is 12.1 Å². The molecule has 2 unspecified atom stereocenters. The van der Waals surface area contributed by atoms with Crippen LogP contribution in [0.2, 0.25) is 0 Å². The Balaban J connectivity index is 2.79. The van der Waals surface area contributed by atoms with Crippen LogP contribution in [0.4, 0.5) is 4.79 Å². The van der Waals surface area contributed by atoms with Crippen LogP contribution < -0.4 is 9.44 Å². The van der Waals surface area contributed by atoms with E-state index >= 15 is 0 Å². The standard InChI is InChI=1S/C11H20N2O4S/c1-8(9(14)15)18(7-5-6-12-18)13-10(16)17-11(2,3)4/h5,7-8,12H,6H2,1-4H3,(H,13,16)(H,14,15). The molecule has 104 valence electrons. The Bertz CT molecular complexity index is 378. The molecule has 0 aromatic carbocycles. The molecule has 0 aromatic heterocycles. The number of carboxylic acids is 1. The van der Waals surface area contributed by atoms with E-state index in [2.05, 4.69) is 9.44 Å². The number of carbonyl (C=O) groups is 2. The smallest absolute Gasteiger partial charge is 0.417 e. The third-order valence-electron chi connectivity index (χ3n) is 2.31. The van der Waals surface area contributed by atoms with Crippen LogP contribution in [0.5, 0.6) is 0 Å². The summed E-state index contributed by atoms with van der Waals surface area (Å²) < 4.78 is 10.9. The minimum absolute atomic E-state index is 0.544. The molecule has 2 atom stereocenters. The molecule has 1 aliphatic rings. The number of hydrogen-bond acceptors (Lipinski definition) is 4. The number of carboxylic acid groups (broad SMARTS) is 1. The molecule has 0 spiro atoms. The van der Waals surface area contributed by atoms with Crippen molar-refractivity contribution >= 4 is 22.5 Å². The molecule has 7 heteroatoms. The Hall–Kier alpha value is -1.21. The second-order valence-electron chi connectivity index (χ2n) is 5.01. The largest absolute Gasteiger partial charge is 0.480 e. The SMILES string of the molecule is CC(C(=O)O)S1(NC(=O)OC(C)(C)C)C=CCN1. The molecular weight excluding hydrogens is 256 g/mol. The van der Waals surface area contributed by atoms with Crippen LogP contribution in [0.1, 0.15) is 27.7 Å². The molecule has 1 heterocycles. The van der Waals surface area contributed by atoms with Gasteiger partial charge in [0.1, 0.15) is 10.9 Å². The maximum atomic E-state index is 11.8. The van der Waals surface area contributed by atoms with Crippen molar-refractivity contribution in [2.45, 2.75) is 38.5 Å². The van der Waals surface area contributed by atoms with Crippen molar-refractivity contribution in [2.24, 2.45) is 0 Å². The topological polar surface area (TPSA) is 87.7 Å². The first-order valence-electron chi connectivity index (χ1n) is 5.63. The molecule has 0 saturated heterocycles. The molecule has 1 rings (SSSR count). The average molecular weight is 276 g/mol. The van der Waals surface area contributed by atoms with E-state index in [9.17, 15) is 9.59 Å². The normalized spacial score (nSPS) is 28.2. The van der Waals surface area contributed by atoms with Crippen molar-refractivity contribution in [1.29, 1.82) is 0 Å². The first-order valence-corrected chi connectivity index (χ1v) is 7.39. The van der Waals surface area contributed by atoms with Gasteiger partial charge in [0.05, 0.1) is 0 Å². The molecule has 18 heavy (non-hydrogen) atoms. The molecular formula is C11H20N2O4S. The first kappa shape index (κ1) is 14.8. The van der Waals surface area contributed by atoms with Gasteiger partial charge in [-0.1, -0.05) is 16.5 Å².